The number of rotatable bonds is 1. The number of aryl methyl sites for hydroxylation is 1. The van der Waals surface area contributed by atoms with Gasteiger partial charge in [-0.3, -0.25) is 19.3 Å². The highest BCUT2D eigenvalue weighted by Crippen LogP contribution is 2.52. The lowest BCUT2D eigenvalue weighted by molar-refractivity contribution is -0.143. The number of furan rings is 1. The van der Waals surface area contributed by atoms with Crippen LogP contribution in [0.4, 0.5) is 5.69 Å². The van der Waals surface area contributed by atoms with Crippen LogP contribution in [-0.4, -0.2) is 17.6 Å². The molecule has 0 N–H and O–H groups in total. The Morgan fingerprint density at radius 2 is 1.83 bits per heavy atom. The number of anilines is 1. The van der Waals surface area contributed by atoms with Gasteiger partial charge in [0.15, 0.2) is 0 Å². The standard InChI is InChI=1S/C19H17NO4/c1-9-6-11-7-12(3-5-15(11)24-9)20-18(22)16-10-2-4-13(14(21)8-10)17(16)19(20)23/h3,5-7,10,13,16-17H,2,4,8H2,1H3/t10-,13+,16?,17-/m0/s1. The summed E-state index contributed by atoms with van der Waals surface area (Å²) in [5.41, 5.74) is 1.32. The van der Waals surface area contributed by atoms with Crippen molar-refractivity contribution in [2.24, 2.45) is 23.7 Å². The van der Waals surface area contributed by atoms with E-state index in [-0.39, 0.29) is 35.4 Å². The van der Waals surface area contributed by atoms with Gasteiger partial charge in [-0.05, 0) is 49.9 Å². The first-order chi connectivity index (χ1) is 11.5. The minimum atomic E-state index is -0.445. The number of hydrogen-bond acceptors (Lipinski definition) is 4. The Hall–Kier alpha value is -2.43. The molecule has 122 valence electrons. The Bertz CT molecular complexity index is 911. The topological polar surface area (TPSA) is 67.6 Å². The summed E-state index contributed by atoms with van der Waals surface area (Å²) in [6, 6.07) is 7.26. The van der Waals surface area contributed by atoms with E-state index in [0.29, 0.717) is 12.1 Å². The van der Waals surface area contributed by atoms with Crippen molar-refractivity contribution in [3.05, 3.63) is 30.0 Å². The van der Waals surface area contributed by atoms with Crippen molar-refractivity contribution in [3.8, 4) is 0 Å². The number of nitrogens with zero attached hydrogens (tertiary/aromatic N) is 1. The summed E-state index contributed by atoms with van der Waals surface area (Å²) in [6.07, 6.45) is 2.08. The number of imide groups is 1. The molecule has 4 aliphatic rings. The van der Waals surface area contributed by atoms with Crippen LogP contribution in [0.3, 0.4) is 0 Å². The molecule has 0 radical (unpaired) electrons. The molecular formula is C19H17NO4. The molecule has 4 fully saturated rings. The molecule has 3 aliphatic carbocycles. The van der Waals surface area contributed by atoms with E-state index >= 15 is 0 Å². The molecule has 24 heavy (non-hydrogen) atoms. The van der Waals surface area contributed by atoms with Gasteiger partial charge in [0, 0.05) is 17.7 Å². The minimum absolute atomic E-state index is 0.0360. The van der Waals surface area contributed by atoms with Gasteiger partial charge in [0.25, 0.3) is 0 Å². The smallest absolute Gasteiger partial charge is 0.238 e. The van der Waals surface area contributed by atoms with Gasteiger partial charge >= 0.3 is 0 Å². The van der Waals surface area contributed by atoms with Crippen LogP contribution < -0.4 is 4.90 Å². The molecule has 2 bridgehead atoms. The van der Waals surface area contributed by atoms with E-state index < -0.39 is 5.92 Å². The predicted octanol–water partition coefficient (Wildman–Crippen LogP) is 2.85. The highest BCUT2D eigenvalue weighted by molar-refractivity contribution is 6.24. The van der Waals surface area contributed by atoms with Gasteiger partial charge in [0.2, 0.25) is 11.8 Å². The molecule has 3 saturated carbocycles. The van der Waals surface area contributed by atoms with Gasteiger partial charge < -0.3 is 4.42 Å². The van der Waals surface area contributed by atoms with Gasteiger partial charge in [-0.1, -0.05) is 0 Å². The van der Waals surface area contributed by atoms with Crippen molar-refractivity contribution in [1.82, 2.24) is 0 Å². The average molecular weight is 323 g/mol. The van der Waals surface area contributed by atoms with E-state index in [4.69, 9.17) is 4.42 Å². The molecule has 1 aliphatic heterocycles. The first-order valence-corrected chi connectivity index (χ1v) is 8.45. The molecule has 0 spiro atoms. The van der Waals surface area contributed by atoms with Gasteiger partial charge in [0.05, 0.1) is 17.5 Å². The van der Waals surface area contributed by atoms with Crippen molar-refractivity contribution in [2.45, 2.75) is 26.2 Å². The van der Waals surface area contributed by atoms with Crippen molar-refractivity contribution >= 4 is 34.3 Å². The Kier molecular flexibility index (Phi) is 2.65. The molecule has 1 aromatic heterocycles. The van der Waals surface area contributed by atoms with Crippen molar-refractivity contribution < 1.29 is 18.8 Å². The Morgan fingerprint density at radius 1 is 1.04 bits per heavy atom. The van der Waals surface area contributed by atoms with E-state index in [9.17, 15) is 14.4 Å². The number of carbonyl (C=O) groups is 3. The Balaban J connectivity index is 1.59. The molecule has 1 unspecified atom stereocenters. The summed E-state index contributed by atoms with van der Waals surface area (Å²) in [7, 11) is 0. The number of fused-ring (bicyclic) bond motifs is 3. The van der Waals surface area contributed by atoms with Crippen LogP contribution in [0, 0.1) is 30.6 Å². The van der Waals surface area contributed by atoms with Crippen LogP contribution in [-0.2, 0) is 14.4 Å². The molecule has 1 aromatic carbocycles. The van der Waals surface area contributed by atoms with E-state index in [1.54, 1.807) is 12.1 Å². The fourth-order valence-electron chi connectivity index (χ4n) is 4.94. The number of carbonyl (C=O) groups excluding carboxylic acids is 3. The number of ketones is 1. The highest BCUT2D eigenvalue weighted by Gasteiger charge is 2.60. The van der Waals surface area contributed by atoms with Gasteiger partial charge in [-0.15, -0.1) is 0 Å². The average Bonchev–Trinajstić information content (AvgIpc) is 3.05. The van der Waals surface area contributed by atoms with Gasteiger partial charge in [-0.25, -0.2) is 0 Å². The highest BCUT2D eigenvalue weighted by atomic mass is 16.3. The normalized spacial score (nSPS) is 32.0. The van der Waals surface area contributed by atoms with Crippen LogP contribution >= 0.6 is 0 Å². The third kappa shape index (κ3) is 1.67. The maximum Gasteiger partial charge on any atom is 0.238 e. The fraction of sp³-hybridized carbons (Fsp3) is 0.421. The van der Waals surface area contributed by atoms with Crippen molar-refractivity contribution in [3.63, 3.8) is 0 Å². The molecule has 2 aromatic rings. The zero-order chi connectivity index (χ0) is 16.6. The summed E-state index contributed by atoms with van der Waals surface area (Å²) in [6.45, 7) is 1.86. The molecule has 1 saturated heterocycles. The minimum Gasteiger partial charge on any atom is -0.461 e. The number of Topliss-reactive ketones (excluding diaryl/α,β-unsaturated/α-hetero) is 1. The van der Waals surface area contributed by atoms with E-state index in [1.165, 1.54) is 4.90 Å². The van der Waals surface area contributed by atoms with Crippen LogP contribution in [0.25, 0.3) is 11.0 Å². The summed E-state index contributed by atoms with van der Waals surface area (Å²) >= 11 is 0. The second-order valence-corrected chi connectivity index (χ2v) is 7.26. The quantitative estimate of drug-likeness (QED) is 0.757. The zero-order valence-electron chi connectivity index (χ0n) is 13.3. The molecule has 4 atom stereocenters. The second-order valence-electron chi connectivity index (χ2n) is 7.26. The monoisotopic (exact) mass is 323 g/mol. The van der Waals surface area contributed by atoms with E-state index in [0.717, 1.165) is 29.6 Å². The summed E-state index contributed by atoms with van der Waals surface area (Å²) in [5, 5.41) is 0.875. The van der Waals surface area contributed by atoms with E-state index in [1.807, 2.05) is 19.1 Å². The second kappa shape index (κ2) is 4.56. The molecule has 5 nitrogen and oxygen atoms in total. The third-order valence-electron chi connectivity index (χ3n) is 5.95. The fourth-order valence-corrected chi connectivity index (χ4v) is 4.94. The maximum absolute atomic E-state index is 13.0. The lowest BCUT2D eigenvalue weighted by atomic mass is 9.59. The van der Waals surface area contributed by atoms with E-state index in [2.05, 4.69) is 0 Å². The summed E-state index contributed by atoms with van der Waals surface area (Å²) in [5.74, 6) is -0.362. The molecule has 2 amide bonds. The lowest BCUT2D eigenvalue weighted by Crippen LogP contribution is -2.46. The molecule has 5 heteroatoms. The summed E-state index contributed by atoms with van der Waals surface area (Å²) < 4.78 is 5.56. The predicted molar refractivity (Wildman–Crippen MR) is 86.3 cm³/mol. The van der Waals surface area contributed by atoms with Crippen LogP contribution in [0.15, 0.2) is 28.7 Å². The van der Waals surface area contributed by atoms with Gasteiger partial charge in [-0.2, -0.15) is 0 Å². The molecule has 2 heterocycles. The van der Waals surface area contributed by atoms with Gasteiger partial charge in [0.1, 0.15) is 17.1 Å². The van der Waals surface area contributed by atoms with Crippen LogP contribution in [0.2, 0.25) is 0 Å². The van der Waals surface area contributed by atoms with Crippen molar-refractivity contribution in [2.75, 3.05) is 4.90 Å². The maximum atomic E-state index is 13.0. The third-order valence-corrected chi connectivity index (χ3v) is 5.95. The number of benzene rings is 1. The first-order valence-electron chi connectivity index (χ1n) is 8.45. The Morgan fingerprint density at radius 3 is 2.62 bits per heavy atom. The lowest BCUT2D eigenvalue weighted by Gasteiger charge is -2.41. The van der Waals surface area contributed by atoms with Crippen molar-refractivity contribution in [1.29, 1.82) is 0 Å². The first kappa shape index (κ1) is 14.0. The number of hydrogen-bond donors (Lipinski definition) is 0. The van der Waals surface area contributed by atoms with Crippen LogP contribution in [0.5, 0.6) is 0 Å². The largest absolute Gasteiger partial charge is 0.461 e. The van der Waals surface area contributed by atoms with Crippen LogP contribution in [0.1, 0.15) is 25.0 Å². The molecule has 6 rings (SSSR count). The SMILES string of the molecule is Cc1cc2cc(N3C(=O)C4[C@H]5CC[C@H](C(=O)C5)[C@@H]4C3=O)ccc2o1. The zero-order valence-corrected chi connectivity index (χ0v) is 13.3. The number of amides is 2. The Labute approximate surface area is 138 Å². The summed E-state index contributed by atoms with van der Waals surface area (Å²) in [4.78, 5) is 39.4. The molecular weight excluding hydrogens is 306 g/mol.